The Hall–Kier alpha value is -0.890. The van der Waals surface area contributed by atoms with Crippen molar-refractivity contribution in [1.82, 2.24) is 10.3 Å². The fraction of sp³-hybridized carbons (Fsp3) is 0.737. The van der Waals surface area contributed by atoms with Crippen molar-refractivity contribution in [3.05, 3.63) is 30.1 Å². The fourth-order valence-electron chi connectivity index (χ4n) is 2.74. The minimum atomic E-state index is 0.593. The minimum Gasteiger partial charge on any atom is -0.314 e. The third-order valence-corrected chi connectivity index (χ3v) is 4.02. The first-order valence-corrected chi connectivity index (χ1v) is 9.00. The molecule has 0 saturated carbocycles. The van der Waals surface area contributed by atoms with Gasteiger partial charge in [0.2, 0.25) is 0 Å². The fourth-order valence-corrected chi connectivity index (χ4v) is 2.74. The highest BCUT2D eigenvalue weighted by Gasteiger charge is 2.09. The minimum absolute atomic E-state index is 0.593. The van der Waals surface area contributed by atoms with Crippen LogP contribution >= 0.6 is 0 Å². The summed E-state index contributed by atoms with van der Waals surface area (Å²) >= 11 is 0. The lowest BCUT2D eigenvalue weighted by Crippen LogP contribution is -2.32. The van der Waals surface area contributed by atoms with Gasteiger partial charge in [0, 0.05) is 24.4 Å². The molecule has 1 aromatic rings. The lowest BCUT2D eigenvalue weighted by molar-refractivity contribution is 0.446. The maximum atomic E-state index is 4.46. The van der Waals surface area contributed by atoms with Gasteiger partial charge in [0.1, 0.15) is 0 Å². The SMILES string of the molecule is CCCCCCCCCC(Cc1ccccn1)NCCC. The molecule has 0 aliphatic rings. The first-order valence-electron chi connectivity index (χ1n) is 9.00. The second kappa shape index (κ2) is 12.8. The Morgan fingerprint density at radius 1 is 0.952 bits per heavy atom. The molecule has 0 aliphatic carbocycles. The lowest BCUT2D eigenvalue weighted by atomic mass is 10.0. The van der Waals surface area contributed by atoms with Crippen LogP contribution in [0.4, 0.5) is 0 Å². The van der Waals surface area contributed by atoms with Gasteiger partial charge in [-0.25, -0.2) is 0 Å². The smallest absolute Gasteiger partial charge is 0.0419 e. The molecule has 0 amide bonds. The average molecular weight is 290 g/mol. The molecular formula is C19H34N2. The van der Waals surface area contributed by atoms with E-state index >= 15 is 0 Å². The Morgan fingerprint density at radius 3 is 2.38 bits per heavy atom. The standard InChI is InChI=1S/C19H34N2/c1-3-5-6-7-8-9-10-13-18(20-15-4-2)17-19-14-11-12-16-21-19/h11-12,14,16,18,20H,3-10,13,15,17H2,1-2H3. The van der Waals surface area contributed by atoms with E-state index in [1.54, 1.807) is 0 Å². The second-order valence-corrected chi connectivity index (χ2v) is 6.09. The first-order chi connectivity index (χ1) is 10.4. The zero-order valence-electron chi connectivity index (χ0n) is 14.1. The Bertz CT molecular complexity index is 324. The normalized spacial score (nSPS) is 12.5. The number of hydrogen-bond acceptors (Lipinski definition) is 2. The van der Waals surface area contributed by atoms with Crippen molar-refractivity contribution < 1.29 is 0 Å². The molecule has 1 N–H and O–H groups in total. The molecule has 1 atom stereocenters. The summed E-state index contributed by atoms with van der Waals surface area (Å²) in [7, 11) is 0. The number of hydrogen-bond donors (Lipinski definition) is 1. The molecule has 0 aromatic carbocycles. The second-order valence-electron chi connectivity index (χ2n) is 6.09. The zero-order valence-corrected chi connectivity index (χ0v) is 14.1. The highest BCUT2D eigenvalue weighted by molar-refractivity contribution is 5.05. The molecule has 0 spiro atoms. The highest BCUT2D eigenvalue weighted by Crippen LogP contribution is 2.12. The average Bonchev–Trinajstić information content (AvgIpc) is 2.52. The summed E-state index contributed by atoms with van der Waals surface area (Å²) < 4.78 is 0. The van der Waals surface area contributed by atoms with Gasteiger partial charge < -0.3 is 5.32 Å². The predicted molar refractivity (Wildman–Crippen MR) is 92.6 cm³/mol. The van der Waals surface area contributed by atoms with E-state index in [1.165, 1.54) is 63.5 Å². The number of nitrogens with zero attached hydrogens (tertiary/aromatic N) is 1. The van der Waals surface area contributed by atoms with Gasteiger partial charge in [-0.05, 0) is 31.5 Å². The summed E-state index contributed by atoms with van der Waals surface area (Å²) in [5.74, 6) is 0. The van der Waals surface area contributed by atoms with Gasteiger partial charge in [0.15, 0.2) is 0 Å². The number of rotatable bonds is 13. The van der Waals surface area contributed by atoms with Crippen LogP contribution in [-0.4, -0.2) is 17.6 Å². The Kier molecular flexibility index (Phi) is 11.1. The van der Waals surface area contributed by atoms with Crippen LogP contribution < -0.4 is 5.32 Å². The van der Waals surface area contributed by atoms with E-state index in [9.17, 15) is 0 Å². The van der Waals surface area contributed by atoms with Crippen LogP contribution in [0.5, 0.6) is 0 Å². The van der Waals surface area contributed by atoms with Crippen molar-refractivity contribution in [2.75, 3.05) is 6.54 Å². The summed E-state index contributed by atoms with van der Waals surface area (Å²) in [6.07, 6.45) is 15.2. The largest absolute Gasteiger partial charge is 0.314 e. The van der Waals surface area contributed by atoms with E-state index in [0.717, 1.165) is 13.0 Å². The van der Waals surface area contributed by atoms with Crippen LogP contribution in [0.25, 0.3) is 0 Å². The van der Waals surface area contributed by atoms with Crippen molar-refractivity contribution in [1.29, 1.82) is 0 Å². The van der Waals surface area contributed by atoms with Gasteiger partial charge in [-0.15, -0.1) is 0 Å². The Morgan fingerprint density at radius 2 is 1.71 bits per heavy atom. The van der Waals surface area contributed by atoms with Crippen molar-refractivity contribution >= 4 is 0 Å². The molecule has 1 rings (SSSR count). The van der Waals surface area contributed by atoms with Crippen molar-refractivity contribution in [2.45, 2.75) is 84.1 Å². The molecule has 0 radical (unpaired) electrons. The molecule has 0 saturated heterocycles. The predicted octanol–water partition coefficient (Wildman–Crippen LogP) is 5.13. The number of aromatic nitrogens is 1. The summed E-state index contributed by atoms with van der Waals surface area (Å²) in [4.78, 5) is 4.46. The number of unbranched alkanes of at least 4 members (excludes halogenated alkanes) is 6. The molecule has 1 aromatic heterocycles. The third-order valence-electron chi connectivity index (χ3n) is 4.02. The molecule has 0 aliphatic heterocycles. The van der Waals surface area contributed by atoms with Crippen LogP contribution in [-0.2, 0) is 6.42 Å². The summed E-state index contributed by atoms with van der Waals surface area (Å²) in [5.41, 5.74) is 1.22. The third kappa shape index (κ3) is 9.62. The van der Waals surface area contributed by atoms with Gasteiger partial charge in [0.05, 0.1) is 0 Å². The topological polar surface area (TPSA) is 24.9 Å². The molecule has 1 heterocycles. The Labute approximate surface area is 131 Å². The van der Waals surface area contributed by atoms with Gasteiger partial charge >= 0.3 is 0 Å². The molecule has 1 unspecified atom stereocenters. The van der Waals surface area contributed by atoms with Gasteiger partial charge in [-0.2, -0.15) is 0 Å². The van der Waals surface area contributed by atoms with E-state index in [4.69, 9.17) is 0 Å². The van der Waals surface area contributed by atoms with E-state index in [0.29, 0.717) is 6.04 Å². The van der Waals surface area contributed by atoms with E-state index in [-0.39, 0.29) is 0 Å². The lowest BCUT2D eigenvalue weighted by Gasteiger charge is -2.18. The van der Waals surface area contributed by atoms with Crippen LogP contribution in [0.15, 0.2) is 24.4 Å². The van der Waals surface area contributed by atoms with Crippen LogP contribution in [0.3, 0.4) is 0 Å². The summed E-state index contributed by atoms with van der Waals surface area (Å²) in [5, 5.41) is 3.69. The molecule has 0 fully saturated rings. The zero-order chi connectivity index (χ0) is 15.2. The van der Waals surface area contributed by atoms with Crippen LogP contribution in [0, 0.1) is 0 Å². The summed E-state index contributed by atoms with van der Waals surface area (Å²) in [6, 6.07) is 6.82. The first kappa shape index (κ1) is 18.2. The van der Waals surface area contributed by atoms with Crippen LogP contribution in [0.1, 0.15) is 77.3 Å². The molecular weight excluding hydrogens is 256 g/mol. The van der Waals surface area contributed by atoms with E-state index < -0.39 is 0 Å². The molecule has 120 valence electrons. The van der Waals surface area contributed by atoms with Crippen molar-refractivity contribution in [3.63, 3.8) is 0 Å². The number of nitrogens with one attached hydrogen (secondary N) is 1. The van der Waals surface area contributed by atoms with Gasteiger partial charge in [-0.3, -0.25) is 4.98 Å². The maximum absolute atomic E-state index is 4.46. The quantitative estimate of drug-likeness (QED) is 0.509. The molecule has 2 nitrogen and oxygen atoms in total. The van der Waals surface area contributed by atoms with Crippen molar-refractivity contribution in [2.24, 2.45) is 0 Å². The van der Waals surface area contributed by atoms with Crippen molar-refractivity contribution in [3.8, 4) is 0 Å². The molecule has 2 heteroatoms. The van der Waals surface area contributed by atoms with E-state index in [1.807, 2.05) is 12.3 Å². The van der Waals surface area contributed by atoms with Gasteiger partial charge in [0.25, 0.3) is 0 Å². The van der Waals surface area contributed by atoms with E-state index in [2.05, 4.69) is 36.3 Å². The summed E-state index contributed by atoms with van der Waals surface area (Å²) in [6.45, 7) is 5.63. The molecule has 0 bridgehead atoms. The monoisotopic (exact) mass is 290 g/mol. The van der Waals surface area contributed by atoms with Crippen LogP contribution in [0.2, 0.25) is 0 Å². The molecule has 21 heavy (non-hydrogen) atoms. The number of pyridine rings is 1. The highest BCUT2D eigenvalue weighted by atomic mass is 14.9. The Balaban J connectivity index is 2.20. The van der Waals surface area contributed by atoms with Gasteiger partial charge in [-0.1, -0.05) is 64.9 Å². The maximum Gasteiger partial charge on any atom is 0.0419 e.